The second-order valence-corrected chi connectivity index (χ2v) is 5.26. The molecule has 0 aliphatic heterocycles. The highest BCUT2D eigenvalue weighted by molar-refractivity contribution is 8.93. The van der Waals surface area contributed by atoms with E-state index < -0.39 is 0 Å². The summed E-state index contributed by atoms with van der Waals surface area (Å²) in [5.74, 6) is 0. The van der Waals surface area contributed by atoms with E-state index in [1.807, 2.05) is 30.3 Å². The standard InChI is InChI=1S/C16H14N2S.BrH/c1-12-6-5-7-13(10-12)15-11-19-16(18-15)17-14-8-3-2-4-9-14;/h2-11H,1H3,(H,17,18);1H. The Morgan fingerprint density at radius 2 is 1.80 bits per heavy atom. The second kappa shape index (κ2) is 6.68. The first-order valence-electron chi connectivity index (χ1n) is 6.16. The molecule has 0 amide bonds. The third-order valence-electron chi connectivity index (χ3n) is 2.84. The lowest BCUT2D eigenvalue weighted by atomic mass is 10.1. The lowest BCUT2D eigenvalue weighted by Crippen LogP contribution is -1.88. The molecule has 0 aliphatic rings. The van der Waals surface area contributed by atoms with Gasteiger partial charge in [0.15, 0.2) is 5.13 Å². The molecule has 0 unspecified atom stereocenters. The van der Waals surface area contributed by atoms with Crippen LogP contribution in [0.15, 0.2) is 60.0 Å². The molecule has 1 N–H and O–H groups in total. The predicted octanol–water partition coefficient (Wildman–Crippen LogP) is 5.44. The number of rotatable bonds is 3. The maximum Gasteiger partial charge on any atom is 0.187 e. The van der Waals surface area contributed by atoms with Crippen molar-refractivity contribution >= 4 is 39.1 Å². The summed E-state index contributed by atoms with van der Waals surface area (Å²) in [6.07, 6.45) is 0. The van der Waals surface area contributed by atoms with E-state index in [-0.39, 0.29) is 17.0 Å². The van der Waals surface area contributed by atoms with Crippen LogP contribution in [-0.4, -0.2) is 4.98 Å². The van der Waals surface area contributed by atoms with Crippen molar-refractivity contribution in [2.24, 2.45) is 0 Å². The summed E-state index contributed by atoms with van der Waals surface area (Å²) in [7, 11) is 0. The van der Waals surface area contributed by atoms with Crippen molar-refractivity contribution in [2.45, 2.75) is 6.92 Å². The van der Waals surface area contributed by atoms with Gasteiger partial charge in [0.1, 0.15) is 0 Å². The van der Waals surface area contributed by atoms with Crippen molar-refractivity contribution in [3.05, 3.63) is 65.5 Å². The number of nitrogens with zero attached hydrogens (tertiary/aromatic N) is 1. The largest absolute Gasteiger partial charge is 0.332 e. The Hall–Kier alpha value is -1.65. The van der Waals surface area contributed by atoms with Crippen LogP contribution in [0.2, 0.25) is 0 Å². The summed E-state index contributed by atoms with van der Waals surface area (Å²) in [4.78, 5) is 4.62. The molecule has 2 aromatic carbocycles. The summed E-state index contributed by atoms with van der Waals surface area (Å²) in [6, 6.07) is 18.5. The van der Waals surface area contributed by atoms with Crippen LogP contribution < -0.4 is 5.32 Å². The lowest BCUT2D eigenvalue weighted by molar-refractivity contribution is 1.37. The van der Waals surface area contributed by atoms with Gasteiger partial charge in [0, 0.05) is 16.6 Å². The van der Waals surface area contributed by atoms with Crippen LogP contribution in [0.3, 0.4) is 0 Å². The van der Waals surface area contributed by atoms with Gasteiger partial charge in [-0.05, 0) is 25.1 Å². The van der Waals surface area contributed by atoms with Gasteiger partial charge in [0.25, 0.3) is 0 Å². The molecular weight excluding hydrogens is 332 g/mol. The predicted molar refractivity (Wildman–Crippen MR) is 92.3 cm³/mol. The second-order valence-electron chi connectivity index (χ2n) is 4.40. The molecule has 1 aromatic heterocycles. The first kappa shape index (κ1) is 14.8. The van der Waals surface area contributed by atoms with Crippen molar-refractivity contribution in [3.8, 4) is 11.3 Å². The average molecular weight is 347 g/mol. The third-order valence-corrected chi connectivity index (χ3v) is 3.60. The number of aryl methyl sites for hydroxylation is 1. The van der Waals surface area contributed by atoms with Crippen LogP contribution in [0.4, 0.5) is 10.8 Å². The molecule has 0 spiro atoms. The topological polar surface area (TPSA) is 24.9 Å². The van der Waals surface area contributed by atoms with Gasteiger partial charge in [-0.2, -0.15) is 0 Å². The van der Waals surface area contributed by atoms with Gasteiger partial charge in [-0.15, -0.1) is 28.3 Å². The van der Waals surface area contributed by atoms with Gasteiger partial charge in [-0.1, -0.05) is 42.0 Å². The van der Waals surface area contributed by atoms with Crippen LogP contribution in [0.25, 0.3) is 11.3 Å². The summed E-state index contributed by atoms with van der Waals surface area (Å²) < 4.78 is 0. The van der Waals surface area contributed by atoms with Crippen molar-refractivity contribution in [1.82, 2.24) is 4.98 Å². The van der Waals surface area contributed by atoms with Crippen molar-refractivity contribution < 1.29 is 0 Å². The first-order valence-corrected chi connectivity index (χ1v) is 7.04. The fourth-order valence-corrected chi connectivity index (χ4v) is 2.65. The van der Waals surface area contributed by atoms with Gasteiger partial charge in [0.05, 0.1) is 5.69 Å². The van der Waals surface area contributed by atoms with Gasteiger partial charge >= 0.3 is 0 Å². The maximum absolute atomic E-state index is 4.62. The van der Waals surface area contributed by atoms with E-state index in [0.29, 0.717) is 0 Å². The Bertz CT molecular complexity index is 680. The number of hydrogen-bond acceptors (Lipinski definition) is 3. The minimum Gasteiger partial charge on any atom is -0.332 e. The quantitative estimate of drug-likeness (QED) is 0.682. The monoisotopic (exact) mass is 346 g/mol. The number of thiazole rings is 1. The van der Waals surface area contributed by atoms with Crippen molar-refractivity contribution in [1.29, 1.82) is 0 Å². The number of benzene rings is 2. The van der Waals surface area contributed by atoms with Gasteiger partial charge in [-0.3, -0.25) is 0 Å². The summed E-state index contributed by atoms with van der Waals surface area (Å²) in [6.45, 7) is 2.10. The zero-order valence-corrected chi connectivity index (χ0v) is 13.6. The Kier molecular flexibility index (Phi) is 4.93. The number of nitrogens with one attached hydrogen (secondary N) is 1. The molecule has 0 saturated carbocycles. The van der Waals surface area contributed by atoms with E-state index in [2.05, 4.69) is 46.9 Å². The maximum atomic E-state index is 4.62. The molecular formula is C16H15BrN2S. The molecule has 0 atom stereocenters. The zero-order valence-electron chi connectivity index (χ0n) is 11.0. The molecule has 0 radical (unpaired) electrons. The lowest BCUT2D eigenvalue weighted by Gasteiger charge is -2.01. The fraction of sp³-hybridized carbons (Fsp3) is 0.0625. The van der Waals surface area contributed by atoms with E-state index in [0.717, 1.165) is 22.1 Å². The van der Waals surface area contributed by atoms with E-state index in [1.54, 1.807) is 11.3 Å². The molecule has 2 nitrogen and oxygen atoms in total. The van der Waals surface area contributed by atoms with E-state index in [9.17, 15) is 0 Å². The highest BCUT2D eigenvalue weighted by Gasteiger charge is 2.04. The average Bonchev–Trinajstić information content (AvgIpc) is 2.88. The number of halogens is 1. The molecule has 3 rings (SSSR count). The smallest absolute Gasteiger partial charge is 0.187 e. The zero-order chi connectivity index (χ0) is 13.1. The molecule has 20 heavy (non-hydrogen) atoms. The van der Waals surface area contributed by atoms with E-state index in [1.165, 1.54) is 5.56 Å². The van der Waals surface area contributed by atoms with Crippen molar-refractivity contribution in [2.75, 3.05) is 5.32 Å². The highest BCUT2D eigenvalue weighted by atomic mass is 79.9. The number of anilines is 2. The molecule has 102 valence electrons. The minimum atomic E-state index is 0. The summed E-state index contributed by atoms with van der Waals surface area (Å²) in [5, 5.41) is 6.32. The Morgan fingerprint density at radius 1 is 1.00 bits per heavy atom. The SMILES string of the molecule is Br.Cc1cccc(-c2csc(Nc3ccccc3)n2)c1. The molecule has 3 aromatic rings. The van der Waals surface area contributed by atoms with Crippen LogP contribution in [0.5, 0.6) is 0 Å². The molecule has 4 heteroatoms. The van der Waals surface area contributed by atoms with Crippen LogP contribution in [0, 0.1) is 6.92 Å². The molecule has 1 heterocycles. The Labute approximate surface area is 133 Å². The molecule has 0 saturated heterocycles. The van der Waals surface area contributed by atoms with Gasteiger partial charge in [0.2, 0.25) is 0 Å². The fourth-order valence-electron chi connectivity index (χ4n) is 1.91. The Balaban J connectivity index is 0.00000147. The number of hydrogen-bond donors (Lipinski definition) is 1. The molecule has 0 fully saturated rings. The van der Waals surface area contributed by atoms with Crippen LogP contribution in [-0.2, 0) is 0 Å². The number of para-hydroxylation sites is 1. The minimum absolute atomic E-state index is 0. The summed E-state index contributed by atoms with van der Waals surface area (Å²) in [5.41, 5.74) is 4.50. The third kappa shape index (κ3) is 3.46. The van der Waals surface area contributed by atoms with E-state index in [4.69, 9.17) is 0 Å². The van der Waals surface area contributed by atoms with Crippen molar-refractivity contribution in [3.63, 3.8) is 0 Å². The van der Waals surface area contributed by atoms with Gasteiger partial charge in [-0.25, -0.2) is 4.98 Å². The molecule has 0 aliphatic carbocycles. The Morgan fingerprint density at radius 3 is 2.55 bits per heavy atom. The highest BCUT2D eigenvalue weighted by Crippen LogP contribution is 2.27. The van der Waals surface area contributed by atoms with Crippen LogP contribution >= 0.6 is 28.3 Å². The normalized spacial score (nSPS) is 9.85. The number of aromatic nitrogens is 1. The summed E-state index contributed by atoms with van der Waals surface area (Å²) >= 11 is 1.62. The first-order chi connectivity index (χ1) is 9.31. The van der Waals surface area contributed by atoms with Crippen LogP contribution in [0.1, 0.15) is 5.56 Å². The molecule has 0 bridgehead atoms. The van der Waals surface area contributed by atoms with Gasteiger partial charge < -0.3 is 5.32 Å². The van der Waals surface area contributed by atoms with E-state index >= 15 is 0 Å².